The second-order valence-electron chi connectivity index (χ2n) is 6.05. The van der Waals surface area contributed by atoms with Crippen LogP contribution in [0.1, 0.15) is 36.6 Å². The fourth-order valence-corrected chi connectivity index (χ4v) is 3.39. The minimum absolute atomic E-state index is 0.0255. The summed E-state index contributed by atoms with van der Waals surface area (Å²) in [6.07, 6.45) is 2.73. The van der Waals surface area contributed by atoms with E-state index in [2.05, 4.69) is 9.28 Å². The second-order valence-corrected chi connectivity index (χ2v) is 7.59. The summed E-state index contributed by atoms with van der Waals surface area (Å²) < 4.78 is 86.9. The van der Waals surface area contributed by atoms with Crippen molar-refractivity contribution in [2.75, 3.05) is 6.61 Å². The van der Waals surface area contributed by atoms with Crippen molar-refractivity contribution < 1.29 is 34.9 Å². The highest BCUT2D eigenvalue weighted by atomic mass is 32.2. The van der Waals surface area contributed by atoms with Crippen molar-refractivity contribution in [3.63, 3.8) is 0 Å². The number of benzene rings is 1. The van der Waals surface area contributed by atoms with Gasteiger partial charge < -0.3 is 8.92 Å². The Morgan fingerprint density at radius 1 is 1.27 bits per heavy atom. The highest BCUT2D eigenvalue weighted by Gasteiger charge is 2.49. The van der Waals surface area contributed by atoms with Gasteiger partial charge in [-0.2, -0.15) is 26.7 Å². The summed E-state index contributed by atoms with van der Waals surface area (Å²) in [6, 6.07) is 0. The Morgan fingerprint density at radius 3 is 2.54 bits per heavy atom. The van der Waals surface area contributed by atoms with E-state index in [0.29, 0.717) is 13.0 Å². The third-order valence-corrected chi connectivity index (χ3v) is 5.34. The van der Waals surface area contributed by atoms with Gasteiger partial charge in [-0.15, -0.1) is 0 Å². The maximum Gasteiger partial charge on any atom is 0.534 e. The third kappa shape index (κ3) is 3.02. The molecule has 1 unspecified atom stereocenters. The van der Waals surface area contributed by atoms with Crippen LogP contribution in [0.3, 0.4) is 0 Å². The summed E-state index contributed by atoms with van der Waals surface area (Å²) in [6.45, 7) is 3.06. The molecule has 1 fully saturated rings. The van der Waals surface area contributed by atoms with E-state index in [0.717, 1.165) is 19.0 Å². The average molecular weight is 396 g/mol. The topological polar surface area (TPSA) is 70.4 Å². The molecule has 1 atom stereocenters. The molecule has 0 N–H and O–H groups in total. The van der Waals surface area contributed by atoms with Crippen LogP contribution in [0, 0.1) is 19.7 Å². The van der Waals surface area contributed by atoms with Gasteiger partial charge in [-0.3, -0.25) is 0 Å². The van der Waals surface area contributed by atoms with Gasteiger partial charge in [-0.25, -0.2) is 9.07 Å². The van der Waals surface area contributed by atoms with E-state index < -0.39 is 33.4 Å². The van der Waals surface area contributed by atoms with Crippen LogP contribution in [0.4, 0.5) is 17.6 Å². The van der Waals surface area contributed by atoms with E-state index in [1.807, 2.05) is 0 Å². The maximum atomic E-state index is 14.8. The van der Waals surface area contributed by atoms with Gasteiger partial charge in [0, 0.05) is 6.61 Å². The van der Waals surface area contributed by atoms with E-state index in [1.54, 1.807) is 0 Å². The van der Waals surface area contributed by atoms with Crippen molar-refractivity contribution in [3.8, 4) is 5.75 Å². The Labute approximate surface area is 146 Å². The summed E-state index contributed by atoms with van der Waals surface area (Å²) in [5, 5.41) is 3.85. The average Bonchev–Trinajstić information content (AvgIpc) is 3.01. The number of hydrogen-bond acceptors (Lipinski definition) is 5. The smallest absolute Gasteiger partial charge is 0.375 e. The van der Waals surface area contributed by atoms with Crippen LogP contribution < -0.4 is 4.18 Å². The van der Waals surface area contributed by atoms with Crippen LogP contribution in [0.15, 0.2) is 6.20 Å². The standard InChI is InChI=1S/C15H16F4N2O4S/c1-8-9(2)14(25-26(22,23)15(17,18)19)10-7-20-21(13(10)12(8)16)11-5-3-4-6-24-11/h7,11H,3-6H2,1-2H3. The Kier molecular flexibility index (Phi) is 4.63. The Balaban J connectivity index is 2.20. The van der Waals surface area contributed by atoms with Gasteiger partial charge in [-0.05, 0) is 44.2 Å². The molecule has 0 radical (unpaired) electrons. The van der Waals surface area contributed by atoms with Gasteiger partial charge >= 0.3 is 15.6 Å². The first kappa shape index (κ1) is 18.9. The number of rotatable bonds is 3. The maximum absolute atomic E-state index is 14.8. The van der Waals surface area contributed by atoms with Crippen LogP contribution in [-0.2, 0) is 14.9 Å². The van der Waals surface area contributed by atoms with E-state index in [1.165, 1.54) is 18.5 Å². The number of alkyl halides is 3. The van der Waals surface area contributed by atoms with Gasteiger partial charge in [0.05, 0.1) is 11.6 Å². The largest absolute Gasteiger partial charge is 0.534 e. The third-order valence-electron chi connectivity index (χ3n) is 4.39. The van der Waals surface area contributed by atoms with E-state index in [-0.39, 0.29) is 22.0 Å². The summed E-state index contributed by atoms with van der Waals surface area (Å²) in [5.74, 6) is -1.29. The Morgan fingerprint density at radius 2 is 1.96 bits per heavy atom. The minimum Gasteiger partial charge on any atom is -0.375 e. The fraction of sp³-hybridized carbons (Fsp3) is 0.533. The SMILES string of the molecule is Cc1c(C)c(F)c2c(cnn2C2CCCCO2)c1OS(=O)(=O)C(F)(F)F. The molecule has 0 amide bonds. The summed E-state index contributed by atoms with van der Waals surface area (Å²) in [7, 11) is -5.90. The highest BCUT2D eigenvalue weighted by Crippen LogP contribution is 2.39. The molecule has 1 saturated heterocycles. The quantitative estimate of drug-likeness (QED) is 0.449. The predicted molar refractivity (Wildman–Crippen MR) is 83.6 cm³/mol. The number of hydrogen-bond donors (Lipinski definition) is 0. The molecule has 26 heavy (non-hydrogen) atoms. The second kappa shape index (κ2) is 6.38. The monoisotopic (exact) mass is 396 g/mol. The van der Waals surface area contributed by atoms with Gasteiger partial charge in [0.15, 0.2) is 17.8 Å². The highest BCUT2D eigenvalue weighted by molar-refractivity contribution is 7.88. The van der Waals surface area contributed by atoms with Crippen molar-refractivity contribution in [3.05, 3.63) is 23.1 Å². The Hall–Kier alpha value is -1.88. The van der Waals surface area contributed by atoms with Crippen molar-refractivity contribution in [1.29, 1.82) is 0 Å². The molecule has 1 aliphatic heterocycles. The first-order valence-electron chi connectivity index (χ1n) is 7.83. The number of fused-ring (bicyclic) bond motifs is 1. The van der Waals surface area contributed by atoms with E-state index in [4.69, 9.17) is 4.74 Å². The zero-order chi connectivity index (χ0) is 19.3. The molecule has 2 heterocycles. The molecule has 1 aromatic heterocycles. The van der Waals surface area contributed by atoms with E-state index >= 15 is 0 Å². The van der Waals surface area contributed by atoms with Crippen LogP contribution in [0.25, 0.3) is 10.9 Å². The Bertz CT molecular complexity index is 947. The number of nitrogens with zero attached hydrogens (tertiary/aromatic N) is 2. The first-order chi connectivity index (χ1) is 12.0. The lowest BCUT2D eigenvalue weighted by molar-refractivity contribution is -0.0499. The molecule has 0 aliphatic carbocycles. The lowest BCUT2D eigenvalue weighted by Crippen LogP contribution is -2.28. The van der Waals surface area contributed by atoms with E-state index in [9.17, 15) is 26.0 Å². The summed E-state index contributed by atoms with van der Waals surface area (Å²) in [5.41, 5.74) is -5.82. The molecular weight excluding hydrogens is 380 g/mol. The summed E-state index contributed by atoms with van der Waals surface area (Å²) in [4.78, 5) is 0. The number of aromatic nitrogens is 2. The van der Waals surface area contributed by atoms with Crippen molar-refractivity contribution in [2.24, 2.45) is 0 Å². The first-order valence-corrected chi connectivity index (χ1v) is 9.23. The van der Waals surface area contributed by atoms with Crippen LogP contribution in [0.2, 0.25) is 0 Å². The van der Waals surface area contributed by atoms with Crippen molar-refractivity contribution in [1.82, 2.24) is 9.78 Å². The molecule has 1 aliphatic rings. The molecule has 0 bridgehead atoms. The number of ether oxygens (including phenoxy) is 1. The summed E-state index contributed by atoms with van der Waals surface area (Å²) >= 11 is 0. The van der Waals surface area contributed by atoms with Crippen LogP contribution in [-0.4, -0.2) is 30.3 Å². The van der Waals surface area contributed by atoms with Gasteiger partial charge in [0.1, 0.15) is 5.52 Å². The van der Waals surface area contributed by atoms with Gasteiger partial charge in [-0.1, -0.05) is 0 Å². The molecule has 3 rings (SSSR count). The molecule has 0 saturated carbocycles. The predicted octanol–water partition coefficient (Wildman–Crippen LogP) is 3.72. The lowest BCUT2D eigenvalue weighted by Gasteiger charge is -2.24. The fourth-order valence-electron chi connectivity index (χ4n) is 2.86. The van der Waals surface area contributed by atoms with Crippen molar-refractivity contribution >= 4 is 21.0 Å². The molecule has 144 valence electrons. The normalized spacial score (nSPS) is 19.1. The van der Waals surface area contributed by atoms with Gasteiger partial charge in [0.2, 0.25) is 0 Å². The molecule has 0 spiro atoms. The molecule has 11 heteroatoms. The van der Waals surface area contributed by atoms with Crippen molar-refractivity contribution in [2.45, 2.75) is 44.8 Å². The molecule has 2 aromatic rings. The molecular formula is C15H16F4N2O4S. The molecule has 1 aromatic carbocycles. The lowest BCUT2D eigenvalue weighted by atomic mass is 10.0. The molecule has 6 nitrogen and oxygen atoms in total. The minimum atomic E-state index is -5.90. The van der Waals surface area contributed by atoms with Crippen LogP contribution >= 0.6 is 0 Å². The van der Waals surface area contributed by atoms with Crippen LogP contribution in [0.5, 0.6) is 5.75 Å². The van der Waals surface area contributed by atoms with Gasteiger partial charge in [0.25, 0.3) is 0 Å². The zero-order valence-corrected chi connectivity index (χ0v) is 14.7. The number of halogens is 4. The zero-order valence-electron chi connectivity index (χ0n) is 13.9.